The van der Waals surface area contributed by atoms with Crippen LogP contribution in [0.5, 0.6) is 0 Å². The number of anilines is 2. The maximum Gasteiger partial charge on any atom is 0.243 e. The first-order valence-corrected chi connectivity index (χ1v) is 12.9. The summed E-state index contributed by atoms with van der Waals surface area (Å²) >= 11 is 5.90. The van der Waals surface area contributed by atoms with Crippen molar-refractivity contribution in [1.82, 2.24) is 9.62 Å². The van der Waals surface area contributed by atoms with Gasteiger partial charge >= 0.3 is 0 Å². The summed E-state index contributed by atoms with van der Waals surface area (Å²) in [6.45, 7) is 7.46. The van der Waals surface area contributed by atoms with Gasteiger partial charge in [0.25, 0.3) is 0 Å². The Morgan fingerprint density at radius 1 is 1.09 bits per heavy atom. The summed E-state index contributed by atoms with van der Waals surface area (Å²) < 4.78 is 32.9. The molecule has 0 saturated carbocycles. The minimum Gasteiger partial charge on any atom is -0.379 e. The smallest absolute Gasteiger partial charge is 0.243 e. The average Bonchev–Trinajstić information content (AvgIpc) is 2.82. The van der Waals surface area contributed by atoms with E-state index in [4.69, 9.17) is 16.3 Å². The Morgan fingerprint density at radius 2 is 1.76 bits per heavy atom. The van der Waals surface area contributed by atoms with E-state index in [-0.39, 0.29) is 17.3 Å². The van der Waals surface area contributed by atoms with Gasteiger partial charge in [-0.15, -0.1) is 0 Å². The molecule has 180 valence electrons. The minimum atomic E-state index is -3.68. The van der Waals surface area contributed by atoms with Gasteiger partial charge in [-0.25, -0.2) is 8.42 Å². The van der Waals surface area contributed by atoms with Crippen molar-refractivity contribution in [2.45, 2.75) is 25.3 Å². The quantitative estimate of drug-likeness (QED) is 0.527. The predicted molar refractivity (Wildman–Crippen MR) is 131 cm³/mol. The standard InChI is InChI=1S/C23H31ClN4O4S/c1-3-27(4-2)22-10-9-20(33(30,31)28-11-13-32-14-12-28)15-21(22)26-23(29)17-25-16-18-5-7-19(24)8-6-18/h5-10,15,25H,3-4,11-14,16-17H2,1-2H3,(H,26,29). The second kappa shape index (κ2) is 11.8. The summed E-state index contributed by atoms with van der Waals surface area (Å²) in [6, 6.07) is 12.3. The van der Waals surface area contributed by atoms with Crippen molar-refractivity contribution < 1.29 is 17.9 Å². The molecule has 10 heteroatoms. The van der Waals surface area contributed by atoms with E-state index in [1.807, 2.05) is 26.0 Å². The largest absolute Gasteiger partial charge is 0.379 e. The summed E-state index contributed by atoms with van der Waals surface area (Å²) in [6.07, 6.45) is 0. The molecule has 1 saturated heterocycles. The number of morpholine rings is 1. The monoisotopic (exact) mass is 494 g/mol. The van der Waals surface area contributed by atoms with Crippen molar-refractivity contribution in [2.75, 3.05) is 56.2 Å². The third kappa shape index (κ3) is 6.68. The lowest BCUT2D eigenvalue weighted by molar-refractivity contribution is -0.115. The molecule has 8 nitrogen and oxygen atoms in total. The molecular formula is C23H31ClN4O4S. The molecule has 1 heterocycles. The van der Waals surface area contributed by atoms with Crippen LogP contribution in [0.4, 0.5) is 11.4 Å². The van der Waals surface area contributed by atoms with Gasteiger partial charge in [0.2, 0.25) is 15.9 Å². The number of hydrogen-bond acceptors (Lipinski definition) is 6. The van der Waals surface area contributed by atoms with Crippen LogP contribution >= 0.6 is 11.6 Å². The fraction of sp³-hybridized carbons (Fsp3) is 0.435. The Balaban J connectivity index is 1.76. The third-order valence-corrected chi connectivity index (χ3v) is 7.63. The van der Waals surface area contributed by atoms with Gasteiger partial charge in [0.15, 0.2) is 0 Å². The zero-order chi connectivity index (χ0) is 23.8. The molecule has 0 radical (unpaired) electrons. The highest BCUT2D eigenvalue weighted by Gasteiger charge is 2.27. The van der Waals surface area contributed by atoms with Crippen LogP contribution in [-0.2, 0) is 26.1 Å². The minimum absolute atomic E-state index is 0.0841. The summed E-state index contributed by atoms with van der Waals surface area (Å²) in [4.78, 5) is 14.9. The maximum atomic E-state index is 13.1. The van der Waals surface area contributed by atoms with Crippen molar-refractivity contribution in [3.8, 4) is 0 Å². The van der Waals surface area contributed by atoms with Crippen LogP contribution in [0.2, 0.25) is 5.02 Å². The van der Waals surface area contributed by atoms with Crippen LogP contribution in [0, 0.1) is 0 Å². The second-order valence-electron chi connectivity index (χ2n) is 7.65. The van der Waals surface area contributed by atoms with Crippen LogP contribution in [0.15, 0.2) is 47.4 Å². The topological polar surface area (TPSA) is 91.0 Å². The molecule has 2 N–H and O–H groups in total. The van der Waals surface area contributed by atoms with Gasteiger partial charge in [-0.3, -0.25) is 4.79 Å². The first-order valence-electron chi connectivity index (χ1n) is 11.1. The Hall–Kier alpha value is -2.17. The maximum absolute atomic E-state index is 13.1. The van der Waals surface area contributed by atoms with Crippen molar-refractivity contribution >= 4 is 38.9 Å². The highest BCUT2D eigenvalue weighted by Crippen LogP contribution is 2.30. The Morgan fingerprint density at radius 3 is 2.39 bits per heavy atom. The molecule has 1 aliphatic rings. The lowest BCUT2D eigenvalue weighted by atomic mass is 10.2. The lowest BCUT2D eigenvalue weighted by Crippen LogP contribution is -2.40. The van der Waals surface area contributed by atoms with Crippen molar-refractivity contribution in [2.24, 2.45) is 0 Å². The SMILES string of the molecule is CCN(CC)c1ccc(S(=O)(=O)N2CCOCC2)cc1NC(=O)CNCc1ccc(Cl)cc1. The van der Waals surface area contributed by atoms with E-state index in [1.54, 1.807) is 30.3 Å². The number of hydrogen-bond donors (Lipinski definition) is 2. The van der Waals surface area contributed by atoms with E-state index in [1.165, 1.54) is 4.31 Å². The Bertz CT molecular complexity index is 1040. The van der Waals surface area contributed by atoms with Crippen LogP contribution in [0.1, 0.15) is 19.4 Å². The van der Waals surface area contributed by atoms with Gasteiger partial charge in [0.05, 0.1) is 36.0 Å². The van der Waals surface area contributed by atoms with Gasteiger partial charge in [0, 0.05) is 37.7 Å². The fourth-order valence-electron chi connectivity index (χ4n) is 3.67. The zero-order valence-electron chi connectivity index (χ0n) is 19.0. The third-order valence-electron chi connectivity index (χ3n) is 5.48. The van der Waals surface area contributed by atoms with E-state index in [0.29, 0.717) is 43.6 Å². The molecule has 0 spiro atoms. The number of nitrogens with one attached hydrogen (secondary N) is 2. The number of sulfonamides is 1. The molecule has 3 rings (SSSR count). The van der Waals surface area contributed by atoms with Gasteiger partial charge in [-0.2, -0.15) is 4.31 Å². The number of benzene rings is 2. The summed E-state index contributed by atoms with van der Waals surface area (Å²) in [7, 11) is -3.68. The Kier molecular flexibility index (Phi) is 9.10. The normalized spacial score (nSPS) is 14.8. The summed E-state index contributed by atoms with van der Waals surface area (Å²) in [5, 5.41) is 6.66. The van der Waals surface area contributed by atoms with Gasteiger partial charge in [-0.05, 0) is 49.7 Å². The highest BCUT2D eigenvalue weighted by molar-refractivity contribution is 7.89. The molecular weight excluding hydrogens is 464 g/mol. The van der Waals surface area contributed by atoms with Gasteiger partial charge in [0.1, 0.15) is 0 Å². The van der Waals surface area contributed by atoms with E-state index >= 15 is 0 Å². The lowest BCUT2D eigenvalue weighted by Gasteiger charge is -2.28. The van der Waals surface area contributed by atoms with E-state index in [0.717, 1.165) is 24.3 Å². The number of ether oxygens (including phenoxy) is 1. The van der Waals surface area contributed by atoms with Crippen molar-refractivity contribution in [1.29, 1.82) is 0 Å². The molecule has 2 aromatic rings. The molecule has 0 aromatic heterocycles. The number of nitrogens with zero attached hydrogens (tertiary/aromatic N) is 2. The molecule has 2 aromatic carbocycles. The van der Waals surface area contributed by atoms with Gasteiger partial charge < -0.3 is 20.3 Å². The number of rotatable bonds is 10. The molecule has 0 atom stereocenters. The molecule has 0 unspecified atom stereocenters. The Labute approximate surface area is 200 Å². The number of carbonyl (C=O) groups excluding carboxylic acids is 1. The van der Waals surface area contributed by atoms with Crippen LogP contribution in [0.25, 0.3) is 0 Å². The first-order chi connectivity index (χ1) is 15.8. The second-order valence-corrected chi connectivity index (χ2v) is 10.0. The van der Waals surface area contributed by atoms with E-state index in [9.17, 15) is 13.2 Å². The molecule has 1 amide bonds. The number of carbonyl (C=O) groups is 1. The molecule has 1 fully saturated rings. The zero-order valence-corrected chi connectivity index (χ0v) is 20.6. The fourth-order valence-corrected chi connectivity index (χ4v) is 5.23. The van der Waals surface area contributed by atoms with Crippen molar-refractivity contribution in [3.63, 3.8) is 0 Å². The van der Waals surface area contributed by atoms with Gasteiger partial charge in [-0.1, -0.05) is 23.7 Å². The predicted octanol–water partition coefficient (Wildman–Crippen LogP) is 2.94. The average molecular weight is 495 g/mol. The summed E-state index contributed by atoms with van der Waals surface area (Å²) in [5.41, 5.74) is 2.27. The highest BCUT2D eigenvalue weighted by atomic mass is 35.5. The molecule has 33 heavy (non-hydrogen) atoms. The van der Waals surface area contributed by atoms with Crippen LogP contribution in [-0.4, -0.2) is 64.6 Å². The summed E-state index contributed by atoms with van der Waals surface area (Å²) in [5.74, 6) is -0.252. The number of amides is 1. The van der Waals surface area contributed by atoms with Crippen molar-refractivity contribution in [3.05, 3.63) is 53.1 Å². The van der Waals surface area contributed by atoms with Crippen LogP contribution in [0.3, 0.4) is 0 Å². The molecule has 0 bridgehead atoms. The van der Waals surface area contributed by atoms with E-state index < -0.39 is 10.0 Å². The molecule has 0 aliphatic carbocycles. The first kappa shape index (κ1) is 25.5. The number of halogens is 1. The van der Waals surface area contributed by atoms with Crippen LogP contribution < -0.4 is 15.5 Å². The van der Waals surface area contributed by atoms with E-state index in [2.05, 4.69) is 15.5 Å². The molecule has 1 aliphatic heterocycles.